The van der Waals surface area contributed by atoms with Gasteiger partial charge in [0, 0.05) is 11.6 Å². The first-order valence-electron chi connectivity index (χ1n) is 6.24. The molecule has 0 saturated heterocycles. The van der Waals surface area contributed by atoms with Gasteiger partial charge < -0.3 is 5.32 Å². The van der Waals surface area contributed by atoms with Gasteiger partial charge in [0.1, 0.15) is 10.8 Å². The molecule has 1 N–H and O–H groups in total. The zero-order chi connectivity index (χ0) is 13.1. The van der Waals surface area contributed by atoms with Gasteiger partial charge in [-0.1, -0.05) is 19.1 Å². The highest BCUT2D eigenvalue weighted by molar-refractivity contribution is 7.09. The number of thiazole rings is 1. The normalized spacial score (nSPS) is 12.5. The highest BCUT2D eigenvalue weighted by Crippen LogP contribution is 2.23. The quantitative estimate of drug-likeness (QED) is 0.786. The fourth-order valence-corrected chi connectivity index (χ4v) is 2.72. The molecule has 0 aliphatic carbocycles. The molecule has 5 heteroatoms. The highest BCUT2D eigenvalue weighted by atomic mass is 32.1. The van der Waals surface area contributed by atoms with E-state index in [0.717, 1.165) is 28.3 Å². The van der Waals surface area contributed by atoms with Crippen LogP contribution in [0.1, 0.15) is 24.4 Å². The van der Waals surface area contributed by atoms with E-state index in [1.54, 1.807) is 17.5 Å². The first-order valence-corrected chi connectivity index (χ1v) is 7.12. The molecule has 0 fully saturated rings. The van der Waals surface area contributed by atoms with Gasteiger partial charge in [-0.25, -0.2) is 9.97 Å². The maximum Gasteiger partial charge on any atom is 0.145 e. The SMILES string of the molecule is CCC(Nc1cnc2ccccc2n1)c1nccs1. The molecular formula is C14H14N4S. The summed E-state index contributed by atoms with van der Waals surface area (Å²) in [7, 11) is 0. The Labute approximate surface area is 115 Å². The van der Waals surface area contributed by atoms with Gasteiger partial charge in [-0.2, -0.15) is 0 Å². The van der Waals surface area contributed by atoms with E-state index in [9.17, 15) is 0 Å². The maximum atomic E-state index is 4.58. The van der Waals surface area contributed by atoms with Crippen molar-refractivity contribution in [1.29, 1.82) is 0 Å². The number of anilines is 1. The summed E-state index contributed by atoms with van der Waals surface area (Å²) in [6, 6.07) is 8.06. The Kier molecular flexibility index (Phi) is 3.37. The molecule has 0 aliphatic rings. The van der Waals surface area contributed by atoms with E-state index in [-0.39, 0.29) is 6.04 Å². The van der Waals surface area contributed by atoms with Crippen LogP contribution in [0.2, 0.25) is 0 Å². The lowest BCUT2D eigenvalue weighted by Crippen LogP contribution is -2.10. The van der Waals surface area contributed by atoms with Crippen LogP contribution in [-0.4, -0.2) is 15.0 Å². The van der Waals surface area contributed by atoms with Gasteiger partial charge in [0.05, 0.1) is 23.3 Å². The third kappa shape index (κ3) is 2.56. The van der Waals surface area contributed by atoms with Crippen molar-refractivity contribution in [2.75, 3.05) is 5.32 Å². The zero-order valence-corrected chi connectivity index (χ0v) is 11.4. The predicted molar refractivity (Wildman–Crippen MR) is 78.3 cm³/mol. The molecule has 0 radical (unpaired) electrons. The Morgan fingerprint density at radius 3 is 2.79 bits per heavy atom. The summed E-state index contributed by atoms with van der Waals surface area (Å²) < 4.78 is 0. The fourth-order valence-electron chi connectivity index (χ4n) is 1.95. The largest absolute Gasteiger partial charge is 0.360 e. The minimum atomic E-state index is 0.190. The van der Waals surface area contributed by atoms with Crippen molar-refractivity contribution < 1.29 is 0 Å². The summed E-state index contributed by atoms with van der Waals surface area (Å²) >= 11 is 1.66. The van der Waals surface area contributed by atoms with E-state index < -0.39 is 0 Å². The summed E-state index contributed by atoms with van der Waals surface area (Å²) in [6.07, 6.45) is 4.57. The van der Waals surface area contributed by atoms with Crippen molar-refractivity contribution in [3.8, 4) is 0 Å². The Bertz CT molecular complexity index is 666. The van der Waals surface area contributed by atoms with Gasteiger partial charge in [0.25, 0.3) is 0 Å². The number of hydrogen-bond donors (Lipinski definition) is 1. The van der Waals surface area contributed by atoms with E-state index in [0.29, 0.717) is 0 Å². The minimum absolute atomic E-state index is 0.190. The molecule has 0 amide bonds. The molecular weight excluding hydrogens is 256 g/mol. The number of hydrogen-bond acceptors (Lipinski definition) is 5. The molecule has 0 aliphatic heterocycles. The molecule has 0 spiro atoms. The van der Waals surface area contributed by atoms with Crippen molar-refractivity contribution in [3.63, 3.8) is 0 Å². The average Bonchev–Trinajstić information content (AvgIpc) is 2.98. The van der Waals surface area contributed by atoms with Crippen LogP contribution in [-0.2, 0) is 0 Å². The summed E-state index contributed by atoms with van der Waals surface area (Å²) in [5, 5.41) is 6.47. The first kappa shape index (κ1) is 12.0. The maximum absolute atomic E-state index is 4.58. The van der Waals surface area contributed by atoms with Crippen molar-refractivity contribution in [3.05, 3.63) is 47.0 Å². The van der Waals surface area contributed by atoms with Crippen LogP contribution in [0.4, 0.5) is 5.82 Å². The lowest BCUT2D eigenvalue weighted by atomic mass is 10.2. The second-order valence-corrected chi connectivity index (χ2v) is 5.15. The molecule has 3 aromatic rings. The van der Waals surface area contributed by atoms with Gasteiger partial charge in [-0.3, -0.25) is 4.98 Å². The topological polar surface area (TPSA) is 50.7 Å². The molecule has 19 heavy (non-hydrogen) atoms. The standard InChI is InChI=1S/C14H14N4S/c1-2-10(14-15-7-8-19-14)17-13-9-16-11-5-3-4-6-12(11)18-13/h3-10H,2H2,1H3,(H,17,18). The van der Waals surface area contributed by atoms with Crippen LogP contribution in [0.3, 0.4) is 0 Å². The van der Waals surface area contributed by atoms with Crippen LogP contribution < -0.4 is 5.32 Å². The highest BCUT2D eigenvalue weighted by Gasteiger charge is 2.12. The number of fused-ring (bicyclic) bond motifs is 1. The third-order valence-electron chi connectivity index (χ3n) is 2.93. The van der Waals surface area contributed by atoms with Crippen LogP contribution in [0, 0.1) is 0 Å². The Morgan fingerprint density at radius 1 is 1.21 bits per heavy atom. The van der Waals surface area contributed by atoms with Gasteiger partial charge in [0.2, 0.25) is 0 Å². The van der Waals surface area contributed by atoms with E-state index in [4.69, 9.17) is 0 Å². The number of nitrogens with zero attached hydrogens (tertiary/aromatic N) is 3. The monoisotopic (exact) mass is 270 g/mol. The fraction of sp³-hybridized carbons (Fsp3) is 0.214. The molecule has 1 aromatic carbocycles. The second-order valence-electron chi connectivity index (χ2n) is 4.22. The minimum Gasteiger partial charge on any atom is -0.360 e. The van der Waals surface area contributed by atoms with Gasteiger partial charge in [0.15, 0.2) is 0 Å². The third-order valence-corrected chi connectivity index (χ3v) is 3.82. The Hall–Kier alpha value is -2.01. The average molecular weight is 270 g/mol. The first-order chi connectivity index (χ1) is 9.36. The molecule has 2 aromatic heterocycles. The second kappa shape index (κ2) is 5.32. The number of nitrogens with one attached hydrogen (secondary N) is 1. The summed E-state index contributed by atoms with van der Waals surface area (Å²) in [5.74, 6) is 0.792. The smallest absolute Gasteiger partial charge is 0.145 e. The van der Waals surface area contributed by atoms with Gasteiger partial charge in [-0.05, 0) is 18.6 Å². The van der Waals surface area contributed by atoms with Gasteiger partial charge in [-0.15, -0.1) is 11.3 Å². The molecule has 1 unspecified atom stereocenters. The lowest BCUT2D eigenvalue weighted by molar-refractivity contribution is 0.737. The van der Waals surface area contributed by atoms with Crippen LogP contribution >= 0.6 is 11.3 Å². The molecule has 96 valence electrons. The number of rotatable bonds is 4. The van der Waals surface area contributed by atoms with Crippen LogP contribution in [0.15, 0.2) is 42.0 Å². The van der Waals surface area contributed by atoms with E-state index in [2.05, 4.69) is 27.2 Å². The van der Waals surface area contributed by atoms with Crippen molar-refractivity contribution in [2.24, 2.45) is 0 Å². The van der Waals surface area contributed by atoms with Crippen LogP contribution in [0.25, 0.3) is 11.0 Å². The summed E-state index contributed by atoms with van der Waals surface area (Å²) in [5.41, 5.74) is 1.82. The molecule has 3 rings (SSSR count). The van der Waals surface area contributed by atoms with Crippen molar-refractivity contribution in [1.82, 2.24) is 15.0 Å². The van der Waals surface area contributed by atoms with Gasteiger partial charge >= 0.3 is 0 Å². The van der Waals surface area contributed by atoms with E-state index in [1.807, 2.05) is 35.8 Å². The Balaban J connectivity index is 1.88. The lowest BCUT2D eigenvalue weighted by Gasteiger charge is -2.14. The van der Waals surface area contributed by atoms with Crippen molar-refractivity contribution in [2.45, 2.75) is 19.4 Å². The van der Waals surface area contributed by atoms with Crippen molar-refractivity contribution >= 4 is 28.2 Å². The van der Waals surface area contributed by atoms with E-state index in [1.165, 1.54) is 0 Å². The summed E-state index contributed by atoms with van der Waals surface area (Å²) in [4.78, 5) is 13.3. The van der Waals surface area contributed by atoms with E-state index >= 15 is 0 Å². The number of para-hydroxylation sites is 2. The number of benzene rings is 1. The molecule has 0 bridgehead atoms. The molecule has 2 heterocycles. The molecule has 1 atom stereocenters. The zero-order valence-electron chi connectivity index (χ0n) is 10.6. The molecule has 4 nitrogen and oxygen atoms in total. The predicted octanol–water partition coefficient (Wildman–Crippen LogP) is 3.65. The Morgan fingerprint density at radius 2 is 2.05 bits per heavy atom. The molecule has 0 saturated carbocycles. The number of aromatic nitrogens is 3. The summed E-state index contributed by atoms with van der Waals surface area (Å²) in [6.45, 7) is 2.13. The van der Waals surface area contributed by atoms with Crippen LogP contribution in [0.5, 0.6) is 0 Å².